The molecule has 0 bridgehead atoms. The summed E-state index contributed by atoms with van der Waals surface area (Å²) in [6.07, 6.45) is 1.69. The average molecular weight is 389 g/mol. The Labute approximate surface area is 171 Å². The number of hydrogen-bond acceptors (Lipinski definition) is 3. The van der Waals surface area contributed by atoms with E-state index in [1.54, 1.807) is 31.0 Å². The van der Waals surface area contributed by atoms with Crippen molar-refractivity contribution in [3.05, 3.63) is 72.4 Å². The van der Waals surface area contributed by atoms with Gasteiger partial charge in [0, 0.05) is 24.2 Å². The van der Waals surface area contributed by atoms with E-state index in [-0.39, 0.29) is 17.9 Å². The molecule has 29 heavy (non-hydrogen) atoms. The lowest BCUT2D eigenvalue weighted by atomic mass is 9.89. The summed E-state index contributed by atoms with van der Waals surface area (Å²) in [6, 6.07) is 19.2. The fourth-order valence-electron chi connectivity index (χ4n) is 3.21. The van der Waals surface area contributed by atoms with Crippen LogP contribution in [-0.4, -0.2) is 27.7 Å². The number of aromatic nitrogens is 1. The third-order valence-corrected chi connectivity index (χ3v) is 5.06. The predicted molar refractivity (Wildman–Crippen MR) is 116 cm³/mol. The number of pyridine rings is 1. The number of para-hydroxylation sites is 1. The Morgan fingerprint density at radius 1 is 1.00 bits per heavy atom. The molecule has 5 heteroatoms. The fourth-order valence-corrected chi connectivity index (χ4v) is 3.21. The second-order valence-corrected chi connectivity index (χ2v) is 7.97. The molecule has 2 amide bonds. The minimum Gasteiger partial charge on any atom is -0.335 e. The van der Waals surface area contributed by atoms with Gasteiger partial charge in [0.05, 0.1) is 11.2 Å². The van der Waals surface area contributed by atoms with Crippen molar-refractivity contribution >= 4 is 28.4 Å². The van der Waals surface area contributed by atoms with Gasteiger partial charge in [-0.15, -0.1) is 0 Å². The molecule has 0 fully saturated rings. The number of rotatable bonds is 6. The summed E-state index contributed by atoms with van der Waals surface area (Å²) in [5.41, 5.74) is 1.12. The predicted octanol–water partition coefficient (Wildman–Crippen LogP) is 4.64. The van der Waals surface area contributed by atoms with E-state index >= 15 is 0 Å². The van der Waals surface area contributed by atoms with E-state index in [1.165, 1.54) is 0 Å². The fraction of sp³-hybridized carbons (Fsp3) is 0.292. The average Bonchev–Trinajstić information content (AvgIpc) is 2.72. The van der Waals surface area contributed by atoms with Gasteiger partial charge >= 0.3 is 0 Å². The quantitative estimate of drug-likeness (QED) is 0.625. The van der Waals surface area contributed by atoms with E-state index in [1.807, 2.05) is 68.4 Å². The maximum Gasteiger partial charge on any atom is 0.239 e. The lowest BCUT2D eigenvalue weighted by Gasteiger charge is -2.34. The van der Waals surface area contributed by atoms with Gasteiger partial charge in [-0.25, -0.2) is 0 Å². The van der Waals surface area contributed by atoms with Crippen LogP contribution in [0.2, 0.25) is 0 Å². The first-order valence-corrected chi connectivity index (χ1v) is 9.81. The van der Waals surface area contributed by atoms with Gasteiger partial charge in [-0.2, -0.15) is 0 Å². The van der Waals surface area contributed by atoms with Crippen molar-refractivity contribution in [2.45, 2.75) is 40.3 Å². The molecule has 0 aliphatic rings. The van der Waals surface area contributed by atoms with E-state index in [0.29, 0.717) is 17.7 Å². The Balaban J connectivity index is 1.83. The Hall–Kier alpha value is -3.21. The third kappa shape index (κ3) is 4.45. The van der Waals surface area contributed by atoms with Gasteiger partial charge in [0.1, 0.15) is 5.41 Å². The first-order valence-electron chi connectivity index (χ1n) is 9.81. The van der Waals surface area contributed by atoms with Gasteiger partial charge in [-0.05, 0) is 45.4 Å². The monoisotopic (exact) mass is 389 g/mol. The lowest BCUT2D eigenvalue weighted by Crippen LogP contribution is -2.49. The molecule has 0 spiro atoms. The van der Waals surface area contributed by atoms with E-state index in [9.17, 15) is 9.59 Å². The van der Waals surface area contributed by atoms with E-state index in [2.05, 4.69) is 10.3 Å². The van der Waals surface area contributed by atoms with E-state index in [4.69, 9.17) is 0 Å². The highest BCUT2D eigenvalue weighted by atomic mass is 16.2. The standard InChI is InChI=1S/C24H27N3O2/c1-17(2)27(16-18-10-6-5-7-11-18)23(29)24(3,4)22(28)26-20-14-8-12-19-13-9-15-25-21(19)20/h5-15,17H,16H2,1-4H3,(H,26,28). The highest BCUT2D eigenvalue weighted by Crippen LogP contribution is 2.27. The Morgan fingerprint density at radius 3 is 2.38 bits per heavy atom. The molecule has 0 unspecified atom stereocenters. The van der Waals surface area contributed by atoms with Crippen LogP contribution in [-0.2, 0) is 16.1 Å². The largest absolute Gasteiger partial charge is 0.335 e. The minimum absolute atomic E-state index is 0.0333. The van der Waals surface area contributed by atoms with Crippen molar-refractivity contribution in [3.63, 3.8) is 0 Å². The first-order chi connectivity index (χ1) is 13.8. The van der Waals surface area contributed by atoms with Gasteiger partial charge in [0.2, 0.25) is 11.8 Å². The maximum atomic E-state index is 13.4. The van der Waals surface area contributed by atoms with Crippen molar-refractivity contribution < 1.29 is 9.59 Å². The summed E-state index contributed by atoms with van der Waals surface area (Å²) >= 11 is 0. The molecule has 2 aromatic carbocycles. The molecule has 3 aromatic rings. The number of benzene rings is 2. The number of hydrogen-bond donors (Lipinski definition) is 1. The van der Waals surface area contributed by atoms with Crippen molar-refractivity contribution in [3.8, 4) is 0 Å². The molecule has 3 rings (SSSR count). The molecule has 150 valence electrons. The lowest BCUT2D eigenvalue weighted by molar-refractivity contribution is -0.148. The first kappa shape index (κ1) is 20.5. The topological polar surface area (TPSA) is 62.3 Å². The van der Waals surface area contributed by atoms with Crippen LogP contribution in [0.25, 0.3) is 10.9 Å². The van der Waals surface area contributed by atoms with Crippen LogP contribution in [0.1, 0.15) is 33.3 Å². The van der Waals surface area contributed by atoms with Crippen LogP contribution in [0, 0.1) is 5.41 Å². The molecule has 0 aliphatic heterocycles. The van der Waals surface area contributed by atoms with Gasteiger partial charge < -0.3 is 10.2 Å². The van der Waals surface area contributed by atoms with Gasteiger partial charge in [0.25, 0.3) is 0 Å². The second kappa shape index (κ2) is 8.43. The van der Waals surface area contributed by atoms with Gasteiger partial charge in [-0.1, -0.05) is 48.5 Å². The number of nitrogens with one attached hydrogen (secondary N) is 1. The van der Waals surface area contributed by atoms with Crippen LogP contribution in [0.5, 0.6) is 0 Å². The number of carbonyl (C=O) groups excluding carboxylic acids is 2. The summed E-state index contributed by atoms with van der Waals surface area (Å²) in [4.78, 5) is 32.6. The number of amides is 2. The zero-order chi connectivity index (χ0) is 21.0. The zero-order valence-electron chi connectivity index (χ0n) is 17.3. The van der Waals surface area contributed by atoms with Crippen LogP contribution >= 0.6 is 0 Å². The van der Waals surface area contributed by atoms with Crippen molar-refractivity contribution in [1.82, 2.24) is 9.88 Å². The highest BCUT2D eigenvalue weighted by Gasteiger charge is 2.40. The SMILES string of the molecule is CC(C)N(Cc1ccccc1)C(=O)C(C)(C)C(=O)Nc1cccc2cccnc12. The van der Waals surface area contributed by atoms with E-state index in [0.717, 1.165) is 10.9 Å². The molecule has 1 N–H and O–H groups in total. The molecule has 1 heterocycles. The van der Waals surface area contributed by atoms with E-state index < -0.39 is 5.41 Å². The minimum atomic E-state index is -1.23. The molecule has 1 aromatic heterocycles. The maximum absolute atomic E-state index is 13.4. The normalized spacial score (nSPS) is 11.5. The smallest absolute Gasteiger partial charge is 0.239 e. The molecule has 0 radical (unpaired) electrons. The Kier molecular flexibility index (Phi) is 5.97. The van der Waals surface area contributed by atoms with Crippen LogP contribution in [0.15, 0.2) is 66.9 Å². The number of nitrogens with zero attached hydrogens (tertiary/aromatic N) is 2. The van der Waals surface area contributed by atoms with Crippen molar-refractivity contribution in [2.75, 3.05) is 5.32 Å². The molecular formula is C24H27N3O2. The summed E-state index contributed by atoms with van der Waals surface area (Å²) in [5.74, 6) is -0.554. The van der Waals surface area contributed by atoms with Crippen LogP contribution < -0.4 is 5.32 Å². The zero-order valence-corrected chi connectivity index (χ0v) is 17.3. The summed E-state index contributed by atoms with van der Waals surface area (Å²) in [6.45, 7) is 7.73. The molecule has 0 saturated heterocycles. The second-order valence-electron chi connectivity index (χ2n) is 7.97. The Bertz CT molecular complexity index is 1010. The van der Waals surface area contributed by atoms with Crippen molar-refractivity contribution in [1.29, 1.82) is 0 Å². The summed E-state index contributed by atoms with van der Waals surface area (Å²) in [5, 5.41) is 3.85. The van der Waals surface area contributed by atoms with Crippen molar-refractivity contribution in [2.24, 2.45) is 5.41 Å². The third-order valence-electron chi connectivity index (χ3n) is 5.06. The van der Waals surface area contributed by atoms with Gasteiger partial charge in [0.15, 0.2) is 0 Å². The van der Waals surface area contributed by atoms with Crippen LogP contribution in [0.4, 0.5) is 5.69 Å². The molecule has 5 nitrogen and oxygen atoms in total. The molecular weight excluding hydrogens is 362 g/mol. The molecule has 0 aliphatic carbocycles. The number of carbonyl (C=O) groups is 2. The number of anilines is 1. The molecule has 0 saturated carbocycles. The summed E-state index contributed by atoms with van der Waals surface area (Å²) < 4.78 is 0. The summed E-state index contributed by atoms with van der Waals surface area (Å²) in [7, 11) is 0. The van der Waals surface area contributed by atoms with Gasteiger partial charge in [-0.3, -0.25) is 14.6 Å². The molecule has 0 atom stereocenters. The van der Waals surface area contributed by atoms with Crippen LogP contribution in [0.3, 0.4) is 0 Å². The number of fused-ring (bicyclic) bond motifs is 1. The Morgan fingerprint density at radius 2 is 1.69 bits per heavy atom. The highest BCUT2D eigenvalue weighted by molar-refractivity contribution is 6.12.